The molecule has 1 fully saturated rings. The fraction of sp³-hybridized carbons (Fsp3) is 0.615. The number of thiophene rings is 1. The Labute approximate surface area is 118 Å². The van der Waals surface area contributed by atoms with Crippen LogP contribution >= 0.6 is 11.3 Å². The first-order chi connectivity index (χ1) is 9.11. The second kappa shape index (κ2) is 6.25. The highest BCUT2D eigenvalue weighted by atomic mass is 32.1. The van der Waals surface area contributed by atoms with Crippen LogP contribution in [0.5, 0.6) is 0 Å². The SMILES string of the molecule is CCCNC(=O)c1sc(N2CCN(C)CC2)cc1N. The Morgan fingerprint density at radius 1 is 1.42 bits per heavy atom. The molecule has 0 atom stereocenters. The van der Waals surface area contributed by atoms with Crippen molar-refractivity contribution in [2.75, 3.05) is 50.4 Å². The van der Waals surface area contributed by atoms with Crippen molar-refractivity contribution in [1.29, 1.82) is 0 Å². The molecule has 6 heteroatoms. The largest absolute Gasteiger partial charge is 0.397 e. The maximum atomic E-state index is 12.0. The number of nitrogens with two attached hydrogens (primary N) is 1. The molecular weight excluding hydrogens is 260 g/mol. The van der Waals surface area contributed by atoms with E-state index >= 15 is 0 Å². The van der Waals surface area contributed by atoms with Crippen molar-refractivity contribution < 1.29 is 4.79 Å². The van der Waals surface area contributed by atoms with Gasteiger partial charge in [0.25, 0.3) is 5.91 Å². The number of nitrogen functional groups attached to an aromatic ring is 1. The standard InChI is InChI=1S/C13H22N4OS/c1-3-4-15-13(18)12-10(14)9-11(19-12)17-7-5-16(2)6-8-17/h9H,3-8,14H2,1-2H3,(H,15,18). The summed E-state index contributed by atoms with van der Waals surface area (Å²) in [6, 6.07) is 1.93. The molecule has 3 N–H and O–H groups in total. The molecule has 2 heterocycles. The van der Waals surface area contributed by atoms with Gasteiger partial charge in [-0.3, -0.25) is 4.79 Å². The van der Waals surface area contributed by atoms with Crippen LogP contribution in [0.15, 0.2) is 6.07 Å². The van der Waals surface area contributed by atoms with Crippen molar-refractivity contribution in [3.8, 4) is 0 Å². The Morgan fingerprint density at radius 3 is 2.74 bits per heavy atom. The summed E-state index contributed by atoms with van der Waals surface area (Å²) in [6.07, 6.45) is 0.933. The van der Waals surface area contributed by atoms with E-state index in [4.69, 9.17) is 5.73 Å². The van der Waals surface area contributed by atoms with Crippen LogP contribution in [0, 0.1) is 0 Å². The molecule has 1 aliphatic heterocycles. The summed E-state index contributed by atoms with van der Waals surface area (Å²) in [6.45, 7) is 6.82. The third-order valence-corrected chi connectivity index (χ3v) is 4.51. The molecule has 1 aromatic heterocycles. The molecule has 0 saturated carbocycles. The molecule has 0 aliphatic carbocycles. The lowest BCUT2D eigenvalue weighted by Crippen LogP contribution is -2.44. The number of amides is 1. The Kier molecular flexibility index (Phi) is 4.66. The number of likely N-dealkylation sites (N-methyl/N-ethyl adjacent to an activating group) is 1. The van der Waals surface area contributed by atoms with Gasteiger partial charge in [0.15, 0.2) is 0 Å². The van der Waals surface area contributed by atoms with E-state index in [0.29, 0.717) is 17.1 Å². The lowest BCUT2D eigenvalue weighted by molar-refractivity contribution is 0.0958. The Morgan fingerprint density at radius 2 is 2.11 bits per heavy atom. The highest BCUT2D eigenvalue weighted by Gasteiger charge is 2.20. The molecule has 1 amide bonds. The van der Waals surface area contributed by atoms with Gasteiger partial charge in [-0.15, -0.1) is 11.3 Å². The predicted octanol–water partition coefficient (Wildman–Crippen LogP) is 1.22. The van der Waals surface area contributed by atoms with Gasteiger partial charge in [0, 0.05) is 32.7 Å². The molecule has 0 unspecified atom stereocenters. The molecule has 1 aliphatic rings. The van der Waals surface area contributed by atoms with E-state index in [1.807, 2.05) is 13.0 Å². The Balaban J connectivity index is 2.05. The topological polar surface area (TPSA) is 61.6 Å². The highest BCUT2D eigenvalue weighted by Crippen LogP contribution is 2.32. The van der Waals surface area contributed by atoms with Crippen molar-refractivity contribution in [2.24, 2.45) is 0 Å². The number of nitrogens with one attached hydrogen (secondary N) is 1. The van der Waals surface area contributed by atoms with Gasteiger partial charge in [0.2, 0.25) is 0 Å². The zero-order valence-corrected chi connectivity index (χ0v) is 12.4. The lowest BCUT2D eigenvalue weighted by Gasteiger charge is -2.32. The highest BCUT2D eigenvalue weighted by molar-refractivity contribution is 7.18. The van der Waals surface area contributed by atoms with Crippen LogP contribution in [0.3, 0.4) is 0 Å². The first-order valence-corrected chi connectivity index (χ1v) is 7.54. The molecular formula is C13H22N4OS. The van der Waals surface area contributed by atoms with Gasteiger partial charge in [0.1, 0.15) is 4.88 Å². The van der Waals surface area contributed by atoms with Crippen LogP contribution in [0.4, 0.5) is 10.7 Å². The summed E-state index contributed by atoms with van der Waals surface area (Å²) < 4.78 is 0. The molecule has 0 spiro atoms. The number of piperazine rings is 1. The molecule has 0 radical (unpaired) electrons. The van der Waals surface area contributed by atoms with Gasteiger partial charge in [-0.25, -0.2) is 0 Å². The third kappa shape index (κ3) is 3.39. The monoisotopic (exact) mass is 282 g/mol. The molecule has 1 saturated heterocycles. The Hall–Kier alpha value is -1.27. The molecule has 2 rings (SSSR count). The zero-order chi connectivity index (χ0) is 13.8. The summed E-state index contributed by atoms with van der Waals surface area (Å²) in [5.41, 5.74) is 6.55. The van der Waals surface area contributed by atoms with Gasteiger partial charge in [0.05, 0.1) is 10.7 Å². The minimum atomic E-state index is -0.0512. The van der Waals surface area contributed by atoms with E-state index < -0.39 is 0 Å². The molecule has 1 aromatic rings. The van der Waals surface area contributed by atoms with Gasteiger partial charge in [-0.1, -0.05) is 6.92 Å². The van der Waals surface area contributed by atoms with Crippen LogP contribution in [0.2, 0.25) is 0 Å². The number of carbonyl (C=O) groups is 1. The molecule has 19 heavy (non-hydrogen) atoms. The number of nitrogens with zero attached hydrogens (tertiary/aromatic N) is 2. The van der Waals surface area contributed by atoms with Crippen molar-refractivity contribution in [1.82, 2.24) is 10.2 Å². The second-order valence-electron chi connectivity index (χ2n) is 4.92. The number of anilines is 2. The van der Waals surface area contributed by atoms with Gasteiger partial charge in [-0.05, 0) is 19.5 Å². The molecule has 0 bridgehead atoms. The second-order valence-corrected chi connectivity index (χ2v) is 5.95. The smallest absolute Gasteiger partial charge is 0.263 e. The quantitative estimate of drug-likeness (QED) is 0.872. The van der Waals surface area contributed by atoms with Gasteiger partial charge >= 0.3 is 0 Å². The van der Waals surface area contributed by atoms with Crippen LogP contribution in [-0.4, -0.2) is 50.6 Å². The molecule has 5 nitrogen and oxygen atoms in total. The van der Waals surface area contributed by atoms with Crippen molar-refractivity contribution in [3.05, 3.63) is 10.9 Å². The summed E-state index contributed by atoms with van der Waals surface area (Å²) in [5, 5.41) is 3.98. The zero-order valence-electron chi connectivity index (χ0n) is 11.6. The lowest BCUT2D eigenvalue weighted by atomic mass is 10.3. The number of carbonyl (C=O) groups excluding carboxylic acids is 1. The molecule has 0 aromatic carbocycles. The van der Waals surface area contributed by atoms with Crippen molar-refractivity contribution >= 4 is 27.9 Å². The fourth-order valence-corrected chi connectivity index (χ4v) is 3.12. The maximum absolute atomic E-state index is 12.0. The van der Waals surface area contributed by atoms with E-state index in [2.05, 4.69) is 22.2 Å². The van der Waals surface area contributed by atoms with E-state index in [1.54, 1.807) is 0 Å². The first-order valence-electron chi connectivity index (χ1n) is 6.72. The van der Waals surface area contributed by atoms with Crippen LogP contribution in [0.1, 0.15) is 23.0 Å². The van der Waals surface area contributed by atoms with Crippen LogP contribution in [0.25, 0.3) is 0 Å². The number of hydrogen-bond donors (Lipinski definition) is 2. The molecule has 106 valence electrons. The van der Waals surface area contributed by atoms with Crippen LogP contribution in [-0.2, 0) is 0 Å². The van der Waals surface area contributed by atoms with E-state index in [9.17, 15) is 4.79 Å². The van der Waals surface area contributed by atoms with Crippen LogP contribution < -0.4 is 16.0 Å². The Bertz CT molecular complexity index is 438. The summed E-state index contributed by atoms with van der Waals surface area (Å²) in [4.78, 5) is 17.2. The van der Waals surface area contributed by atoms with Crippen molar-refractivity contribution in [3.63, 3.8) is 0 Å². The predicted molar refractivity (Wildman–Crippen MR) is 81.1 cm³/mol. The average molecular weight is 282 g/mol. The summed E-state index contributed by atoms with van der Waals surface area (Å²) >= 11 is 1.50. The van der Waals surface area contributed by atoms with Crippen molar-refractivity contribution in [2.45, 2.75) is 13.3 Å². The minimum Gasteiger partial charge on any atom is -0.397 e. The number of hydrogen-bond acceptors (Lipinski definition) is 5. The van der Waals surface area contributed by atoms with Gasteiger partial charge in [-0.2, -0.15) is 0 Å². The third-order valence-electron chi connectivity index (χ3n) is 3.30. The maximum Gasteiger partial charge on any atom is 0.263 e. The van der Waals surface area contributed by atoms with Gasteiger partial charge < -0.3 is 20.9 Å². The van der Waals surface area contributed by atoms with E-state index in [-0.39, 0.29) is 5.91 Å². The first kappa shape index (κ1) is 14.1. The van der Waals surface area contributed by atoms with E-state index in [1.165, 1.54) is 11.3 Å². The fourth-order valence-electron chi connectivity index (χ4n) is 2.07. The minimum absolute atomic E-state index is 0.0512. The van der Waals surface area contributed by atoms with E-state index in [0.717, 1.165) is 37.6 Å². The average Bonchev–Trinajstić information content (AvgIpc) is 2.79. The summed E-state index contributed by atoms with van der Waals surface area (Å²) in [5.74, 6) is -0.0512. The normalized spacial score (nSPS) is 16.6. The summed E-state index contributed by atoms with van der Waals surface area (Å²) in [7, 11) is 2.13. The number of rotatable bonds is 4.